The minimum Gasteiger partial charge on any atom is -0.458 e. The van der Waals surface area contributed by atoms with Crippen LogP contribution in [0.1, 0.15) is 68.2 Å². The zero-order valence-electron chi connectivity index (χ0n) is 22.7. The molecule has 3 amide bonds. The summed E-state index contributed by atoms with van der Waals surface area (Å²) in [7, 11) is -1.57. The number of cyclic esters (lactones) is 1. The Balaban J connectivity index is 3.18. The van der Waals surface area contributed by atoms with Crippen LogP contribution in [-0.2, 0) is 23.8 Å². The van der Waals surface area contributed by atoms with Gasteiger partial charge in [-0.25, -0.2) is 19.3 Å². The van der Waals surface area contributed by atoms with Gasteiger partial charge in [-0.05, 0) is 60.3 Å². The van der Waals surface area contributed by atoms with Gasteiger partial charge in [-0.2, -0.15) is 0 Å². The molecule has 0 spiro atoms. The third-order valence-electron chi connectivity index (χ3n) is 4.86. The lowest BCUT2D eigenvalue weighted by molar-refractivity contribution is -0.159. The van der Waals surface area contributed by atoms with Crippen LogP contribution in [0.25, 0.3) is 0 Å². The number of nitrogens with zero attached hydrogens (tertiary/aromatic N) is 1. The van der Waals surface area contributed by atoms with E-state index in [1.807, 2.05) is 13.8 Å². The molecule has 1 rings (SSSR count). The minimum absolute atomic E-state index is 0.102. The third-order valence-corrected chi connectivity index (χ3v) is 6.65. The zero-order chi connectivity index (χ0) is 26.6. The van der Waals surface area contributed by atoms with Crippen molar-refractivity contribution in [1.29, 1.82) is 0 Å². The monoisotopic (exact) mass is 500 g/mol. The largest absolute Gasteiger partial charge is 0.458 e. The van der Waals surface area contributed by atoms with Crippen LogP contribution >= 0.6 is 0 Å². The number of rotatable bonds is 8. The standard InChI is InChI=1S/C24H44N2O7Si/c1-15(2)14-16(20(28)32-23(3,4)5)25-19(27)18-17(12-13-34(9,10)11)26(21(29)31-18)22(30)33-24(6,7)8/h15-18H,12-14H2,1-11H3,(H,25,27)/t16-,17+,18-/m0/s1. The van der Waals surface area contributed by atoms with Crippen LogP contribution in [-0.4, -0.2) is 66.4 Å². The quantitative estimate of drug-likeness (QED) is 0.292. The Hall–Kier alpha value is -2.10. The van der Waals surface area contributed by atoms with Crippen molar-refractivity contribution in [2.45, 2.75) is 123 Å². The van der Waals surface area contributed by atoms with Crippen molar-refractivity contribution < 1.29 is 33.4 Å². The van der Waals surface area contributed by atoms with Crippen LogP contribution in [0.3, 0.4) is 0 Å². The van der Waals surface area contributed by atoms with E-state index in [-0.39, 0.29) is 5.92 Å². The van der Waals surface area contributed by atoms with Gasteiger partial charge >= 0.3 is 18.2 Å². The number of carbonyl (C=O) groups excluding carboxylic acids is 4. The Morgan fingerprint density at radius 2 is 1.56 bits per heavy atom. The van der Waals surface area contributed by atoms with Gasteiger partial charge in [-0.15, -0.1) is 0 Å². The minimum atomic E-state index is -1.57. The SMILES string of the molecule is CC(C)C[C@H](NC(=O)[C@H]1OC(=O)N(C(=O)OC(C)(C)C)[C@@H]1CC[Si](C)(C)C)C(=O)OC(C)(C)C. The van der Waals surface area contributed by atoms with Crippen molar-refractivity contribution in [3.05, 3.63) is 0 Å². The van der Waals surface area contributed by atoms with E-state index in [9.17, 15) is 19.2 Å². The first-order valence-corrected chi connectivity index (χ1v) is 15.7. The van der Waals surface area contributed by atoms with Gasteiger partial charge in [-0.1, -0.05) is 39.5 Å². The first-order chi connectivity index (χ1) is 15.2. The van der Waals surface area contributed by atoms with E-state index in [1.54, 1.807) is 41.5 Å². The number of hydrogen-bond acceptors (Lipinski definition) is 7. The molecule has 0 aromatic rings. The molecule has 1 aliphatic heterocycles. The van der Waals surface area contributed by atoms with Crippen LogP contribution in [0.15, 0.2) is 0 Å². The zero-order valence-corrected chi connectivity index (χ0v) is 23.7. The molecule has 1 fully saturated rings. The smallest absolute Gasteiger partial charge is 0.420 e. The van der Waals surface area contributed by atoms with Gasteiger partial charge in [0.15, 0.2) is 0 Å². The Morgan fingerprint density at radius 3 is 2.00 bits per heavy atom. The van der Waals surface area contributed by atoms with Crippen molar-refractivity contribution in [3.63, 3.8) is 0 Å². The van der Waals surface area contributed by atoms with Gasteiger partial charge < -0.3 is 19.5 Å². The van der Waals surface area contributed by atoms with E-state index in [0.29, 0.717) is 12.8 Å². The van der Waals surface area contributed by atoms with Gasteiger partial charge in [0, 0.05) is 8.07 Å². The predicted molar refractivity (Wildman–Crippen MR) is 132 cm³/mol. The van der Waals surface area contributed by atoms with E-state index in [4.69, 9.17) is 14.2 Å². The molecule has 1 N–H and O–H groups in total. The second-order valence-electron chi connectivity index (χ2n) is 12.5. The molecule has 9 nitrogen and oxygen atoms in total. The maximum Gasteiger partial charge on any atom is 0.420 e. The summed E-state index contributed by atoms with van der Waals surface area (Å²) < 4.78 is 16.3. The molecule has 0 bridgehead atoms. The maximum atomic E-state index is 13.3. The molecule has 196 valence electrons. The molecule has 0 aliphatic carbocycles. The first-order valence-electron chi connectivity index (χ1n) is 12.0. The molecule has 0 aromatic carbocycles. The number of imide groups is 1. The average molecular weight is 501 g/mol. The molecule has 34 heavy (non-hydrogen) atoms. The highest BCUT2D eigenvalue weighted by molar-refractivity contribution is 6.76. The number of nitrogens with one attached hydrogen (secondary N) is 1. The second kappa shape index (κ2) is 11.1. The first kappa shape index (κ1) is 29.9. The molecule has 10 heteroatoms. The van der Waals surface area contributed by atoms with Crippen LogP contribution in [0.4, 0.5) is 9.59 Å². The van der Waals surface area contributed by atoms with Gasteiger partial charge in [-0.3, -0.25) is 4.79 Å². The topological polar surface area (TPSA) is 111 Å². The molecule has 1 aliphatic rings. The summed E-state index contributed by atoms with van der Waals surface area (Å²) in [5.74, 6) is -1.08. The Labute approximate surface area is 205 Å². The number of hydrogen-bond donors (Lipinski definition) is 1. The highest BCUT2D eigenvalue weighted by atomic mass is 28.3. The summed E-state index contributed by atoms with van der Waals surface area (Å²) in [5, 5.41) is 2.71. The summed E-state index contributed by atoms with van der Waals surface area (Å²) in [6.45, 7) is 20.7. The highest BCUT2D eigenvalue weighted by Gasteiger charge is 2.51. The van der Waals surface area contributed by atoms with Gasteiger partial charge in [0.2, 0.25) is 6.10 Å². The fourth-order valence-corrected chi connectivity index (χ4v) is 4.60. The van der Waals surface area contributed by atoms with Crippen molar-refractivity contribution in [2.75, 3.05) is 0 Å². The molecular weight excluding hydrogens is 456 g/mol. The average Bonchev–Trinajstić information content (AvgIpc) is 2.92. The molecule has 1 saturated heterocycles. The molecule has 0 aromatic heterocycles. The van der Waals surface area contributed by atoms with E-state index >= 15 is 0 Å². The lowest BCUT2D eigenvalue weighted by Crippen LogP contribution is -2.52. The van der Waals surface area contributed by atoms with Crippen LogP contribution < -0.4 is 5.32 Å². The Morgan fingerprint density at radius 1 is 1.03 bits per heavy atom. The van der Waals surface area contributed by atoms with Crippen molar-refractivity contribution in [1.82, 2.24) is 10.2 Å². The Bertz CT molecular complexity index is 763. The van der Waals surface area contributed by atoms with Crippen molar-refractivity contribution in [2.24, 2.45) is 5.92 Å². The van der Waals surface area contributed by atoms with E-state index < -0.39 is 61.5 Å². The molecule has 0 saturated carbocycles. The highest BCUT2D eigenvalue weighted by Crippen LogP contribution is 2.29. The summed E-state index contributed by atoms with van der Waals surface area (Å²) >= 11 is 0. The number of esters is 1. The lowest BCUT2D eigenvalue weighted by atomic mass is 10.0. The summed E-state index contributed by atoms with van der Waals surface area (Å²) in [6.07, 6.45) is -2.25. The van der Waals surface area contributed by atoms with Gasteiger partial charge in [0.05, 0.1) is 6.04 Å². The van der Waals surface area contributed by atoms with Crippen LogP contribution in [0.2, 0.25) is 25.7 Å². The molecule has 1 heterocycles. The van der Waals surface area contributed by atoms with Crippen LogP contribution in [0.5, 0.6) is 0 Å². The summed E-state index contributed by atoms with van der Waals surface area (Å²) in [4.78, 5) is 52.4. The van der Waals surface area contributed by atoms with E-state index in [0.717, 1.165) is 10.9 Å². The molecule has 0 radical (unpaired) electrons. The predicted octanol–water partition coefficient (Wildman–Crippen LogP) is 4.71. The molecule has 3 atom stereocenters. The van der Waals surface area contributed by atoms with E-state index in [1.165, 1.54) is 0 Å². The van der Waals surface area contributed by atoms with Crippen molar-refractivity contribution >= 4 is 32.1 Å². The lowest BCUT2D eigenvalue weighted by Gasteiger charge is -2.29. The van der Waals surface area contributed by atoms with Crippen molar-refractivity contribution in [3.8, 4) is 0 Å². The summed E-state index contributed by atoms with van der Waals surface area (Å²) in [6, 6.07) is -0.968. The normalized spacial score (nSPS) is 20.1. The van der Waals surface area contributed by atoms with E-state index in [2.05, 4.69) is 25.0 Å². The number of carbonyl (C=O) groups is 4. The Kier molecular flexibility index (Phi) is 9.76. The fourth-order valence-electron chi connectivity index (χ4n) is 3.44. The number of ether oxygens (including phenoxy) is 3. The second-order valence-corrected chi connectivity index (χ2v) is 18.2. The van der Waals surface area contributed by atoms with Crippen LogP contribution in [0, 0.1) is 5.92 Å². The van der Waals surface area contributed by atoms with Gasteiger partial charge in [0.25, 0.3) is 5.91 Å². The number of amides is 3. The molecule has 0 unspecified atom stereocenters. The fraction of sp³-hybridized carbons (Fsp3) is 0.833. The molecular formula is C24H44N2O7Si. The summed E-state index contributed by atoms with van der Waals surface area (Å²) in [5.41, 5.74) is -1.54. The third kappa shape index (κ3) is 10.0. The maximum absolute atomic E-state index is 13.3. The van der Waals surface area contributed by atoms with Gasteiger partial charge in [0.1, 0.15) is 17.2 Å².